The lowest BCUT2D eigenvalue weighted by Gasteiger charge is -2.36. The molecule has 2 aliphatic rings. The second-order valence-electron chi connectivity index (χ2n) is 8.53. The zero-order valence-corrected chi connectivity index (χ0v) is 17.9. The summed E-state index contributed by atoms with van der Waals surface area (Å²) >= 11 is 0. The Morgan fingerprint density at radius 1 is 1.11 bits per heavy atom. The summed E-state index contributed by atoms with van der Waals surface area (Å²) < 4.78 is 5.92. The van der Waals surface area contributed by atoms with Gasteiger partial charge in [0.2, 0.25) is 5.91 Å². The summed E-state index contributed by atoms with van der Waals surface area (Å²) in [6.07, 6.45) is 4.02. The van der Waals surface area contributed by atoms with E-state index in [1.807, 2.05) is 29.2 Å². The molecule has 0 unspecified atom stereocenters. The second-order valence-corrected chi connectivity index (χ2v) is 8.53. The Labute approximate surface area is 170 Å². The highest BCUT2D eigenvalue weighted by Crippen LogP contribution is 2.28. The van der Waals surface area contributed by atoms with Crippen molar-refractivity contribution in [2.24, 2.45) is 5.92 Å². The van der Waals surface area contributed by atoms with Gasteiger partial charge in [0, 0.05) is 57.4 Å². The Morgan fingerprint density at radius 3 is 2.46 bits per heavy atom. The molecule has 1 atom stereocenters. The summed E-state index contributed by atoms with van der Waals surface area (Å²) in [5.41, 5.74) is 0.999. The summed E-state index contributed by atoms with van der Waals surface area (Å²) in [6, 6.07) is 8.69. The minimum atomic E-state index is 0.254. The highest BCUT2D eigenvalue weighted by molar-refractivity contribution is 5.95. The van der Waals surface area contributed by atoms with Crippen molar-refractivity contribution in [3.63, 3.8) is 0 Å². The van der Waals surface area contributed by atoms with Gasteiger partial charge in [-0.25, -0.2) is 0 Å². The predicted molar refractivity (Wildman–Crippen MR) is 115 cm³/mol. The molecule has 28 heavy (non-hydrogen) atoms. The number of amides is 1. The maximum Gasteiger partial charge on any atom is 0.227 e. The van der Waals surface area contributed by atoms with Gasteiger partial charge in [-0.2, -0.15) is 0 Å². The van der Waals surface area contributed by atoms with Crippen molar-refractivity contribution in [1.82, 2.24) is 9.80 Å². The molecular weight excluding hydrogens is 350 g/mol. The van der Waals surface area contributed by atoms with Crippen LogP contribution in [0.2, 0.25) is 0 Å². The Kier molecular flexibility index (Phi) is 7.74. The van der Waals surface area contributed by atoms with Gasteiger partial charge < -0.3 is 14.5 Å². The van der Waals surface area contributed by atoms with Crippen LogP contribution in [0.4, 0.5) is 5.69 Å². The van der Waals surface area contributed by atoms with Crippen LogP contribution in [-0.4, -0.2) is 67.6 Å². The largest absolute Gasteiger partial charge is 0.494 e. The van der Waals surface area contributed by atoms with E-state index in [0.717, 1.165) is 63.5 Å². The number of ether oxygens (including phenoxy) is 1. The van der Waals surface area contributed by atoms with Crippen LogP contribution in [0.5, 0.6) is 5.75 Å². The molecule has 2 fully saturated rings. The van der Waals surface area contributed by atoms with Crippen LogP contribution >= 0.6 is 0 Å². The number of carbonyl (C=O) groups is 1. The maximum atomic E-state index is 12.3. The lowest BCUT2D eigenvalue weighted by atomic mass is 10.0. The van der Waals surface area contributed by atoms with E-state index < -0.39 is 0 Å². The van der Waals surface area contributed by atoms with E-state index >= 15 is 0 Å². The van der Waals surface area contributed by atoms with Crippen LogP contribution in [0.15, 0.2) is 24.3 Å². The number of rotatable bonds is 9. The first-order chi connectivity index (χ1) is 13.6. The zero-order chi connectivity index (χ0) is 19.9. The van der Waals surface area contributed by atoms with Gasteiger partial charge >= 0.3 is 0 Å². The van der Waals surface area contributed by atoms with Crippen LogP contribution in [0.1, 0.15) is 46.5 Å². The first kappa shape index (κ1) is 21.1. The van der Waals surface area contributed by atoms with E-state index in [4.69, 9.17) is 4.74 Å². The molecule has 5 nitrogen and oxygen atoms in total. The fraction of sp³-hybridized carbons (Fsp3) is 0.696. The first-order valence-electron chi connectivity index (χ1n) is 11.1. The fourth-order valence-corrected chi connectivity index (χ4v) is 4.34. The summed E-state index contributed by atoms with van der Waals surface area (Å²) in [6.45, 7) is 14.1. The number of benzene rings is 1. The van der Waals surface area contributed by atoms with E-state index in [1.54, 1.807) is 0 Å². The van der Waals surface area contributed by atoms with Gasteiger partial charge in [-0.1, -0.05) is 13.3 Å². The smallest absolute Gasteiger partial charge is 0.227 e. The van der Waals surface area contributed by atoms with Crippen molar-refractivity contribution >= 4 is 11.6 Å². The highest BCUT2D eigenvalue weighted by atomic mass is 16.5. The molecule has 0 bridgehead atoms. The van der Waals surface area contributed by atoms with Crippen molar-refractivity contribution < 1.29 is 9.53 Å². The quantitative estimate of drug-likeness (QED) is 0.606. The van der Waals surface area contributed by atoms with E-state index in [9.17, 15) is 4.79 Å². The van der Waals surface area contributed by atoms with Crippen molar-refractivity contribution in [1.29, 1.82) is 0 Å². The van der Waals surface area contributed by atoms with E-state index in [0.29, 0.717) is 18.4 Å². The molecule has 0 spiro atoms. The van der Waals surface area contributed by atoms with Crippen molar-refractivity contribution in [2.45, 2.75) is 52.5 Å². The molecule has 0 aliphatic carbocycles. The van der Waals surface area contributed by atoms with Crippen LogP contribution in [0, 0.1) is 5.92 Å². The number of carbonyl (C=O) groups excluding carboxylic acids is 1. The molecule has 5 heteroatoms. The van der Waals surface area contributed by atoms with E-state index in [2.05, 4.69) is 30.6 Å². The Bertz CT molecular complexity index is 609. The number of piperazine rings is 1. The van der Waals surface area contributed by atoms with Gasteiger partial charge in [0.05, 0.1) is 6.61 Å². The molecule has 3 rings (SSSR count). The molecule has 0 N–H and O–H groups in total. The summed E-state index contributed by atoms with van der Waals surface area (Å²) in [7, 11) is 0. The second kappa shape index (κ2) is 10.3. The predicted octanol–water partition coefficient (Wildman–Crippen LogP) is 3.63. The van der Waals surface area contributed by atoms with Gasteiger partial charge in [0.15, 0.2) is 0 Å². The van der Waals surface area contributed by atoms with E-state index in [1.165, 1.54) is 13.1 Å². The average molecular weight is 388 g/mol. The third kappa shape index (κ3) is 5.71. The van der Waals surface area contributed by atoms with E-state index in [-0.39, 0.29) is 5.91 Å². The summed E-state index contributed by atoms with van der Waals surface area (Å²) in [5, 5.41) is 0. The molecule has 1 aromatic carbocycles. The minimum Gasteiger partial charge on any atom is -0.494 e. The molecule has 2 heterocycles. The molecule has 0 aromatic heterocycles. The van der Waals surface area contributed by atoms with Crippen LogP contribution in [-0.2, 0) is 4.79 Å². The number of hydrogen-bond donors (Lipinski definition) is 0. The van der Waals surface area contributed by atoms with Crippen LogP contribution in [0.25, 0.3) is 0 Å². The molecule has 2 saturated heterocycles. The molecule has 2 aliphatic heterocycles. The summed E-state index contributed by atoms with van der Waals surface area (Å²) in [5.74, 6) is 1.66. The standard InChI is InChI=1S/C23H37N3O2/c1-4-6-20-17-23(27)26(18-20)21-7-9-22(10-8-21)28-16-5-11-24-12-14-25(15-13-24)19(2)3/h7-10,19-20H,4-6,11-18H2,1-3H3/t20-/m1/s1. The van der Waals surface area contributed by atoms with Crippen molar-refractivity contribution in [3.05, 3.63) is 24.3 Å². The normalized spacial score (nSPS) is 21.6. The van der Waals surface area contributed by atoms with Gasteiger partial charge in [-0.15, -0.1) is 0 Å². The average Bonchev–Trinajstić information content (AvgIpc) is 3.06. The monoisotopic (exact) mass is 387 g/mol. The Balaban J connectivity index is 1.37. The first-order valence-corrected chi connectivity index (χ1v) is 11.1. The molecule has 1 amide bonds. The molecule has 0 radical (unpaired) electrons. The third-order valence-corrected chi connectivity index (χ3v) is 6.08. The lowest BCUT2D eigenvalue weighted by molar-refractivity contribution is -0.117. The molecular formula is C23H37N3O2. The number of nitrogens with zero attached hydrogens (tertiary/aromatic N) is 3. The van der Waals surface area contributed by atoms with Gasteiger partial charge in [0.1, 0.15) is 5.75 Å². The van der Waals surface area contributed by atoms with Crippen LogP contribution in [0.3, 0.4) is 0 Å². The van der Waals surface area contributed by atoms with Gasteiger partial charge in [-0.3, -0.25) is 9.69 Å². The highest BCUT2D eigenvalue weighted by Gasteiger charge is 2.29. The summed E-state index contributed by atoms with van der Waals surface area (Å²) in [4.78, 5) is 19.3. The van der Waals surface area contributed by atoms with Crippen molar-refractivity contribution in [3.8, 4) is 5.75 Å². The number of hydrogen-bond acceptors (Lipinski definition) is 4. The lowest BCUT2D eigenvalue weighted by Crippen LogP contribution is -2.49. The topological polar surface area (TPSA) is 36.0 Å². The number of anilines is 1. The molecule has 1 aromatic rings. The van der Waals surface area contributed by atoms with Gasteiger partial charge in [0.25, 0.3) is 0 Å². The Hall–Kier alpha value is -1.59. The SMILES string of the molecule is CCC[C@@H]1CC(=O)N(c2ccc(OCCCN3CCN(C(C)C)CC3)cc2)C1. The Morgan fingerprint density at radius 2 is 1.82 bits per heavy atom. The van der Waals surface area contributed by atoms with Crippen LogP contribution < -0.4 is 9.64 Å². The fourth-order valence-electron chi connectivity index (χ4n) is 4.34. The maximum absolute atomic E-state index is 12.3. The molecule has 156 valence electrons. The molecule has 0 saturated carbocycles. The zero-order valence-electron chi connectivity index (χ0n) is 17.9. The van der Waals surface area contributed by atoms with Crippen molar-refractivity contribution in [2.75, 3.05) is 50.8 Å². The minimum absolute atomic E-state index is 0.254. The third-order valence-electron chi connectivity index (χ3n) is 6.08. The van der Waals surface area contributed by atoms with Gasteiger partial charge in [-0.05, 0) is 56.9 Å².